The second kappa shape index (κ2) is 5.34. The van der Waals surface area contributed by atoms with Gasteiger partial charge in [0.1, 0.15) is 24.0 Å². The van der Waals surface area contributed by atoms with E-state index in [-0.39, 0.29) is 27.7 Å². The van der Waals surface area contributed by atoms with E-state index in [2.05, 4.69) is 25.8 Å². The van der Waals surface area contributed by atoms with Crippen molar-refractivity contribution in [2.45, 2.75) is 32.1 Å². The summed E-state index contributed by atoms with van der Waals surface area (Å²) in [6.45, 7) is 6.49. The first-order valence-corrected chi connectivity index (χ1v) is 6.84. The number of rotatable bonds is 3. The Kier molecular flexibility index (Phi) is 4.59. The summed E-state index contributed by atoms with van der Waals surface area (Å²) in [4.78, 5) is 3.65. The van der Waals surface area contributed by atoms with E-state index in [0.717, 1.165) is 0 Å². The topological polar surface area (TPSA) is 22.1 Å². The standard InChI is InChI=1S/C11H16ClFNOS/c1-11(2,3)16(4)15-7-8-5-6-14-10(12)9(8)13/h5-6H,7H2,1-4H3/q+1. The molecule has 0 amide bonds. The third-order valence-corrected chi connectivity index (χ3v) is 4.64. The summed E-state index contributed by atoms with van der Waals surface area (Å²) in [6, 6.07) is 1.58. The first-order valence-electron chi connectivity index (χ1n) is 4.90. The van der Waals surface area contributed by atoms with Gasteiger partial charge in [0, 0.05) is 11.8 Å². The average molecular weight is 265 g/mol. The van der Waals surface area contributed by atoms with Gasteiger partial charge in [0.25, 0.3) is 0 Å². The molecule has 1 atom stereocenters. The SMILES string of the molecule is C[S+](OCc1ccnc(Cl)c1F)C(C)(C)C. The summed E-state index contributed by atoms with van der Waals surface area (Å²) in [5, 5.41) is -0.104. The summed E-state index contributed by atoms with van der Waals surface area (Å²) in [5.74, 6) is -0.491. The molecule has 0 spiro atoms. The number of nitrogens with zero attached hydrogens (tertiary/aromatic N) is 1. The maximum absolute atomic E-state index is 13.5. The molecule has 5 heteroatoms. The molecule has 1 unspecified atom stereocenters. The Morgan fingerprint density at radius 2 is 2.12 bits per heavy atom. The molecule has 0 fully saturated rings. The van der Waals surface area contributed by atoms with Gasteiger partial charge in [-0.05, 0) is 26.8 Å². The summed E-state index contributed by atoms with van der Waals surface area (Å²) >= 11 is 5.35. The Labute approximate surface area is 104 Å². The van der Waals surface area contributed by atoms with Crippen LogP contribution >= 0.6 is 11.6 Å². The first-order chi connectivity index (χ1) is 7.32. The maximum Gasteiger partial charge on any atom is 0.166 e. The third kappa shape index (κ3) is 3.61. The fourth-order valence-electron chi connectivity index (χ4n) is 0.895. The minimum absolute atomic E-state index is 0.0628. The lowest BCUT2D eigenvalue weighted by Crippen LogP contribution is -2.29. The van der Waals surface area contributed by atoms with E-state index in [0.29, 0.717) is 5.56 Å². The molecule has 0 saturated carbocycles. The molecule has 0 aliphatic heterocycles. The van der Waals surface area contributed by atoms with Crippen LogP contribution in [0.15, 0.2) is 12.3 Å². The molecule has 0 N–H and O–H groups in total. The van der Waals surface area contributed by atoms with Gasteiger partial charge in [0.15, 0.2) is 15.7 Å². The molecule has 0 saturated heterocycles. The highest BCUT2D eigenvalue weighted by atomic mass is 35.5. The first kappa shape index (κ1) is 13.7. The van der Waals surface area contributed by atoms with Gasteiger partial charge in [0.2, 0.25) is 0 Å². The van der Waals surface area contributed by atoms with Crippen LogP contribution < -0.4 is 0 Å². The van der Waals surface area contributed by atoms with Crippen molar-refractivity contribution in [2.24, 2.45) is 0 Å². The van der Waals surface area contributed by atoms with Gasteiger partial charge in [-0.1, -0.05) is 11.6 Å². The highest BCUT2D eigenvalue weighted by Gasteiger charge is 2.32. The molecular formula is C11H16ClFNOS+. The second-order valence-corrected chi connectivity index (χ2v) is 7.13. The Morgan fingerprint density at radius 3 is 2.69 bits per heavy atom. The van der Waals surface area contributed by atoms with Gasteiger partial charge < -0.3 is 0 Å². The Balaban J connectivity index is 2.65. The van der Waals surface area contributed by atoms with E-state index in [1.54, 1.807) is 6.07 Å². The number of hydrogen-bond acceptors (Lipinski definition) is 2. The van der Waals surface area contributed by atoms with Crippen molar-refractivity contribution < 1.29 is 8.57 Å². The molecule has 0 aliphatic carbocycles. The minimum atomic E-state index is -0.491. The van der Waals surface area contributed by atoms with Crippen LogP contribution in [0.4, 0.5) is 4.39 Å². The van der Waals surface area contributed by atoms with Gasteiger partial charge in [-0.2, -0.15) is 4.18 Å². The zero-order valence-corrected chi connectivity index (χ0v) is 11.5. The van der Waals surface area contributed by atoms with Crippen LogP contribution in [0.5, 0.6) is 0 Å². The van der Waals surface area contributed by atoms with Crippen molar-refractivity contribution in [3.05, 3.63) is 28.8 Å². The summed E-state index contributed by atoms with van der Waals surface area (Å²) in [6.07, 6.45) is 3.48. The van der Waals surface area contributed by atoms with Gasteiger partial charge in [-0.3, -0.25) is 0 Å². The highest BCUT2D eigenvalue weighted by Crippen LogP contribution is 2.21. The van der Waals surface area contributed by atoms with Crippen molar-refractivity contribution in [3.63, 3.8) is 0 Å². The number of halogens is 2. The molecule has 0 aromatic carbocycles. The smallest absolute Gasteiger partial charge is 0.166 e. The molecule has 0 bridgehead atoms. The Bertz CT molecular complexity index is 367. The minimum Gasteiger partial charge on any atom is -0.242 e. The number of hydrogen-bond donors (Lipinski definition) is 0. The summed E-state index contributed by atoms with van der Waals surface area (Å²) in [5.41, 5.74) is 0.448. The van der Waals surface area contributed by atoms with Crippen molar-refractivity contribution in [2.75, 3.05) is 6.26 Å². The second-order valence-electron chi connectivity index (χ2n) is 4.40. The molecule has 0 radical (unpaired) electrons. The Hall–Kier alpha value is -0.320. The monoisotopic (exact) mass is 264 g/mol. The molecule has 90 valence electrons. The number of aromatic nitrogens is 1. The normalized spacial score (nSPS) is 13.9. The van der Waals surface area contributed by atoms with E-state index in [4.69, 9.17) is 15.8 Å². The highest BCUT2D eigenvalue weighted by molar-refractivity contribution is 7.92. The molecule has 2 nitrogen and oxygen atoms in total. The summed E-state index contributed by atoms with van der Waals surface area (Å²) < 4.78 is 19.2. The fraction of sp³-hybridized carbons (Fsp3) is 0.545. The predicted molar refractivity (Wildman–Crippen MR) is 67.0 cm³/mol. The van der Waals surface area contributed by atoms with Crippen molar-refractivity contribution in [3.8, 4) is 0 Å². The maximum atomic E-state index is 13.5. The van der Waals surface area contributed by atoms with E-state index < -0.39 is 5.82 Å². The van der Waals surface area contributed by atoms with Crippen LogP contribution in [0.2, 0.25) is 5.15 Å². The fourth-order valence-corrected chi connectivity index (χ4v) is 1.73. The zero-order valence-electron chi connectivity index (χ0n) is 9.88. The average Bonchev–Trinajstić information content (AvgIpc) is 2.18. The van der Waals surface area contributed by atoms with E-state index >= 15 is 0 Å². The molecule has 1 heterocycles. The van der Waals surface area contributed by atoms with E-state index in [1.807, 2.05) is 6.26 Å². The van der Waals surface area contributed by atoms with E-state index in [1.165, 1.54) is 6.20 Å². The van der Waals surface area contributed by atoms with Crippen LogP contribution in [-0.2, 0) is 22.0 Å². The molecule has 0 aliphatic rings. The lowest BCUT2D eigenvalue weighted by Gasteiger charge is -2.15. The van der Waals surface area contributed by atoms with Crippen LogP contribution in [0, 0.1) is 5.82 Å². The van der Waals surface area contributed by atoms with Crippen LogP contribution in [0.25, 0.3) is 0 Å². The summed E-state index contributed by atoms with van der Waals surface area (Å²) in [7, 11) is 0. The van der Waals surface area contributed by atoms with Crippen LogP contribution in [0.1, 0.15) is 26.3 Å². The van der Waals surface area contributed by atoms with Crippen LogP contribution in [0.3, 0.4) is 0 Å². The number of pyridine rings is 1. The van der Waals surface area contributed by atoms with Gasteiger partial charge in [0.05, 0.1) is 0 Å². The largest absolute Gasteiger partial charge is 0.242 e. The van der Waals surface area contributed by atoms with Crippen molar-refractivity contribution in [1.82, 2.24) is 4.98 Å². The quantitative estimate of drug-likeness (QED) is 0.617. The lowest BCUT2D eigenvalue weighted by atomic mass is 10.3. The molecule has 1 aromatic rings. The van der Waals surface area contributed by atoms with Gasteiger partial charge in [-0.25, -0.2) is 9.37 Å². The molecular weight excluding hydrogens is 249 g/mol. The zero-order chi connectivity index (χ0) is 12.3. The molecule has 1 aromatic heterocycles. The third-order valence-electron chi connectivity index (χ3n) is 2.18. The molecule has 16 heavy (non-hydrogen) atoms. The predicted octanol–water partition coefficient (Wildman–Crippen LogP) is 3.35. The van der Waals surface area contributed by atoms with Gasteiger partial charge in [-0.15, -0.1) is 0 Å². The van der Waals surface area contributed by atoms with Crippen LogP contribution in [-0.4, -0.2) is 16.0 Å². The van der Waals surface area contributed by atoms with Crippen molar-refractivity contribution in [1.29, 1.82) is 0 Å². The Morgan fingerprint density at radius 1 is 1.50 bits per heavy atom. The lowest BCUT2D eigenvalue weighted by molar-refractivity contribution is 0.335. The van der Waals surface area contributed by atoms with Crippen molar-refractivity contribution >= 4 is 22.8 Å². The van der Waals surface area contributed by atoms with Gasteiger partial charge >= 0.3 is 0 Å². The molecule has 1 rings (SSSR count). The van der Waals surface area contributed by atoms with E-state index in [9.17, 15) is 4.39 Å².